The average Bonchev–Trinajstić information content (AvgIpc) is 2.84. The summed E-state index contributed by atoms with van der Waals surface area (Å²) in [5.41, 5.74) is 1.10. The lowest BCUT2D eigenvalue weighted by Gasteiger charge is -2.22. The number of hydrogen-bond acceptors (Lipinski definition) is 3. The van der Waals surface area contributed by atoms with Gasteiger partial charge in [-0.15, -0.1) is 0 Å². The molecule has 0 aliphatic carbocycles. The Kier molecular flexibility index (Phi) is 5.68. The van der Waals surface area contributed by atoms with E-state index in [0.29, 0.717) is 6.61 Å². The molecule has 0 spiro atoms. The molecule has 2 rings (SSSR count). The molecule has 0 aromatic carbocycles. The summed E-state index contributed by atoms with van der Waals surface area (Å²) in [5.74, 6) is 1.93. The van der Waals surface area contributed by atoms with Crippen molar-refractivity contribution >= 4 is 0 Å². The molecule has 4 nitrogen and oxygen atoms in total. The van der Waals surface area contributed by atoms with Crippen molar-refractivity contribution in [3.8, 4) is 0 Å². The largest absolute Gasteiger partial charge is 0.375 e. The number of hydrogen-bond donors (Lipinski definition) is 2. The van der Waals surface area contributed by atoms with Crippen molar-refractivity contribution in [3.63, 3.8) is 0 Å². The number of nitrogens with one attached hydrogen (secondary N) is 2. The summed E-state index contributed by atoms with van der Waals surface area (Å²) in [5, 5.41) is 3.39. The van der Waals surface area contributed by atoms with Crippen LogP contribution in [0.5, 0.6) is 0 Å². The first-order valence-corrected chi connectivity index (χ1v) is 7.19. The normalized spacial score (nSPS) is 17.2. The number of nitrogens with zero attached hydrogens (tertiary/aromatic N) is 1. The Morgan fingerprint density at radius 1 is 1.39 bits per heavy atom. The van der Waals surface area contributed by atoms with Crippen molar-refractivity contribution in [3.05, 3.63) is 17.7 Å². The Morgan fingerprint density at radius 3 is 3.00 bits per heavy atom. The zero-order chi connectivity index (χ0) is 12.6. The van der Waals surface area contributed by atoms with Gasteiger partial charge in [0.05, 0.1) is 18.5 Å². The Hall–Kier alpha value is -0.870. The molecule has 0 atom stereocenters. The van der Waals surface area contributed by atoms with Gasteiger partial charge in [-0.25, -0.2) is 4.98 Å². The molecule has 2 N–H and O–H groups in total. The van der Waals surface area contributed by atoms with Gasteiger partial charge in [0.2, 0.25) is 0 Å². The Labute approximate surface area is 110 Å². The van der Waals surface area contributed by atoms with Crippen LogP contribution in [0.4, 0.5) is 0 Å². The van der Waals surface area contributed by atoms with Crippen LogP contribution in [0.25, 0.3) is 0 Å². The number of aromatic amines is 1. The lowest BCUT2D eigenvalue weighted by Crippen LogP contribution is -2.28. The molecule has 0 amide bonds. The van der Waals surface area contributed by atoms with E-state index in [-0.39, 0.29) is 0 Å². The monoisotopic (exact) mass is 251 g/mol. The van der Waals surface area contributed by atoms with E-state index >= 15 is 0 Å². The van der Waals surface area contributed by atoms with Crippen LogP contribution in [-0.4, -0.2) is 29.7 Å². The van der Waals surface area contributed by atoms with Gasteiger partial charge in [0.15, 0.2) is 0 Å². The van der Waals surface area contributed by atoms with Gasteiger partial charge in [0, 0.05) is 13.0 Å². The molecule has 0 saturated carbocycles. The first-order valence-electron chi connectivity index (χ1n) is 7.19. The molecule has 2 heterocycles. The maximum Gasteiger partial charge on any atom is 0.106 e. The SMILES string of the molecule is CCCc1ncc(COCCC2CCNCC2)[nH]1. The van der Waals surface area contributed by atoms with Gasteiger partial charge < -0.3 is 15.0 Å². The predicted molar refractivity (Wildman–Crippen MR) is 72.4 cm³/mol. The summed E-state index contributed by atoms with van der Waals surface area (Å²) in [6, 6.07) is 0. The number of imidazole rings is 1. The van der Waals surface area contributed by atoms with Crippen LogP contribution >= 0.6 is 0 Å². The first kappa shape index (κ1) is 13.6. The van der Waals surface area contributed by atoms with Gasteiger partial charge in [-0.1, -0.05) is 6.92 Å². The second-order valence-electron chi connectivity index (χ2n) is 5.14. The molecule has 0 radical (unpaired) electrons. The summed E-state index contributed by atoms with van der Waals surface area (Å²) in [6.07, 6.45) is 7.84. The van der Waals surface area contributed by atoms with Gasteiger partial charge in [-0.3, -0.25) is 0 Å². The van der Waals surface area contributed by atoms with E-state index in [4.69, 9.17) is 4.74 Å². The summed E-state index contributed by atoms with van der Waals surface area (Å²) in [6.45, 7) is 6.05. The lowest BCUT2D eigenvalue weighted by atomic mass is 9.95. The number of rotatable bonds is 7. The van der Waals surface area contributed by atoms with Gasteiger partial charge in [-0.2, -0.15) is 0 Å². The fraction of sp³-hybridized carbons (Fsp3) is 0.786. The van der Waals surface area contributed by atoms with E-state index in [1.54, 1.807) is 0 Å². The fourth-order valence-corrected chi connectivity index (χ4v) is 2.45. The Balaban J connectivity index is 1.59. The molecule has 1 fully saturated rings. The standard InChI is InChI=1S/C14H25N3O/c1-2-3-14-16-10-13(17-14)11-18-9-6-12-4-7-15-8-5-12/h10,12,15H,2-9,11H2,1H3,(H,16,17). The highest BCUT2D eigenvalue weighted by Gasteiger charge is 2.12. The van der Waals surface area contributed by atoms with E-state index in [1.807, 2.05) is 6.20 Å². The van der Waals surface area contributed by atoms with E-state index < -0.39 is 0 Å². The minimum atomic E-state index is 0.668. The highest BCUT2D eigenvalue weighted by Crippen LogP contribution is 2.15. The van der Waals surface area contributed by atoms with E-state index in [0.717, 1.165) is 36.9 Å². The highest BCUT2D eigenvalue weighted by molar-refractivity contribution is 4.99. The van der Waals surface area contributed by atoms with Gasteiger partial charge in [0.1, 0.15) is 5.82 Å². The van der Waals surface area contributed by atoms with E-state index in [1.165, 1.54) is 32.4 Å². The van der Waals surface area contributed by atoms with E-state index in [2.05, 4.69) is 22.2 Å². The molecule has 0 bridgehead atoms. The lowest BCUT2D eigenvalue weighted by molar-refractivity contribution is 0.101. The number of ether oxygens (including phenoxy) is 1. The summed E-state index contributed by atoms with van der Waals surface area (Å²) in [4.78, 5) is 7.64. The molecule has 1 saturated heterocycles. The molecular weight excluding hydrogens is 226 g/mol. The minimum Gasteiger partial charge on any atom is -0.375 e. The molecular formula is C14H25N3O. The molecule has 1 aliphatic rings. The molecule has 18 heavy (non-hydrogen) atoms. The molecule has 1 aromatic rings. The zero-order valence-corrected chi connectivity index (χ0v) is 11.4. The third kappa shape index (κ3) is 4.42. The third-order valence-electron chi connectivity index (χ3n) is 3.55. The molecule has 102 valence electrons. The number of piperidine rings is 1. The maximum absolute atomic E-state index is 5.72. The van der Waals surface area contributed by atoms with Gasteiger partial charge >= 0.3 is 0 Å². The molecule has 1 aliphatic heterocycles. The molecule has 0 unspecified atom stereocenters. The van der Waals surface area contributed by atoms with Crippen LogP contribution < -0.4 is 5.32 Å². The van der Waals surface area contributed by atoms with Crippen molar-refractivity contribution in [1.82, 2.24) is 15.3 Å². The van der Waals surface area contributed by atoms with Crippen molar-refractivity contribution in [2.45, 2.75) is 45.6 Å². The van der Waals surface area contributed by atoms with Crippen LogP contribution in [0.1, 0.15) is 44.1 Å². The number of H-pyrrole nitrogens is 1. The van der Waals surface area contributed by atoms with Gasteiger partial charge in [0.25, 0.3) is 0 Å². The quantitative estimate of drug-likeness (QED) is 0.731. The average molecular weight is 251 g/mol. The van der Waals surface area contributed by atoms with Crippen molar-refractivity contribution in [1.29, 1.82) is 0 Å². The highest BCUT2D eigenvalue weighted by atomic mass is 16.5. The first-order chi connectivity index (χ1) is 8.88. The third-order valence-corrected chi connectivity index (χ3v) is 3.55. The van der Waals surface area contributed by atoms with Crippen LogP contribution in [0.15, 0.2) is 6.20 Å². The predicted octanol–water partition coefficient (Wildman–Crippen LogP) is 2.27. The van der Waals surface area contributed by atoms with Crippen LogP contribution in [0.2, 0.25) is 0 Å². The van der Waals surface area contributed by atoms with Crippen molar-refractivity contribution in [2.75, 3.05) is 19.7 Å². The minimum absolute atomic E-state index is 0.668. The topological polar surface area (TPSA) is 49.9 Å². The van der Waals surface area contributed by atoms with Crippen molar-refractivity contribution < 1.29 is 4.74 Å². The Bertz CT molecular complexity index is 332. The van der Waals surface area contributed by atoms with Gasteiger partial charge in [-0.05, 0) is 44.7 Å². The smallest absolute Gasteiger partial charge is 0.106 e. The van der Waals surface area contributed by atoms with Crippen LogP contribution in [-0.2, 0) is 17.8 Å². The summed E-state index contributed by atoms with van der Waals surface area (Å²) >= 11 is 0. The Morgan fingerprint density at radius 2 is 2.22 bits per heavy atom. The fourth-order valence-electron chi connectivity index (χ4n) is 2.45. The van der Waals surface area contributed by atoms with Crippen LogP contribution in [0, 0.1) is 5.92 Å². The van der Waals surface area contributed by atoms with E-state index in [9.17, 15) is 0 Å². The maximum atomic E-state index is 5.72. The summed E-state index contributed by atoms with van der Waals surface area (Å²) in [7, 11) is 0. The second-order valence-corrected chi connectivity index (χ2v) is 5.14. The number of aryl methyl sites for hydroxylation is 1. The second kappa shape index (κ2) is 7.54. The zero-order valence-electron chi connectivity index (χ0n) is 11.4. The number of aromatic nitrogens is 2. The molecule has 4 heteroatoms. The molecule has 1 aromatic heterocycles. The summed E-state index contributed by atoms with van der Waals surface area (Å²) < 4.78 is 5.72. The van der Waals surface area contributed by atoms with Crippen LogP contribution in [0.3, 0.4) is 0 Å². The van der Waals surface area contributed by atoms with Crippen molar-refractivity contribution in [2.24, 2.45) is 5.92 Å².